The molecule has 1 aliphatic heterocycles. The number of amides is 1. The largest absolute Gasteiger partial charge is 0.348 e. The highest BCUT2D eigenvalue weighted by molar-refractivity contribution is 5.94. The Morgan fingerprint density at radius 1 is 1.29 bits per heavy atom. The van der Waals surface area contributed by atoms with Crippen LogP contribution in [-0.4, -0.2) is 31.9 Å². The topological polar surface area (TPSA) is 53.9 Å². The van der Waals surface area contributed by atoms with Crippen molar-refractivity contribution in [3.05, 3.63) is 53.6 Å². The lowest BCUT2D eigenvalue weighted by Crippen LogP contribution is -2.44. The summed E-state index contributed by atoms with van der Waals surface area (Å²) in [6, 6.07) is 10.3. The predicted octanol–water partition coefficient (Wildman–Crippen LogP) is 3.53. The molecule has 1 aliphatic rings. The Bertz CT molecular complexity index is 905. The quantitative estimate of drug-likeness (QED) is 0.785. The number of aryl methyl sites for hydroxylation is 1. The third-order valence-corrected chi connectivity index (χ3v) is 4.82. The summed E-state index contributed by atoms with van der Waals surface area (Å²) in [5, 5.41) is 0. The first-order chi connectivity index (χ1) is 11.5. The minimum absolute atomic E-state index is 0.0185. The number of fused-ring (bicyclic) bond motifs is 2. The molecule has 0 spiro atoms. The van der Waals surface area contributed by atoms with Gasteiger partial charge in [0.25, 0.3) is 5.91 Å². The molecule has 1 N–H and O–H groups in total. The number of imidazole rings is 1. The van der Waals surface area contributed by atoms with E-state index in [0.717, 1.165) is 23.1 Å². The summed E-state index contributed by atoms with van der Waals surface area (Å²) in [4.78, 5) is 22.8. The third-order valence-electron chi connectivity index (χ3n) is 4.82. The van der Waals surface area contributed by atoms with Crippen molar-refractivity contribution in [1.82, 2.24) is 19.4 Å². The van der Waals surface area contributed by atoms with Gasteiger partial charge in [-0.05, 0) is 42.7 Å². The van der Waals surface area contributed by atoms with Crippen LogP contribution in [0.25, 0.3) is 11.0 Å². The fraction of sp³-hybridized carbons (Fsp3) is 0.368. The second-order valence-electron chi connectivity index (χ2n) is 6.92. The molecule has 2 aromatic heterocycles. The molecule has 124 valence electrons. The van der Waals surface area contributed by atoms with E-state index < -0.39 is 0 Å². The highest BCUT2D eigenvalue weighted by Crippen LogP contribution is 2.33. The maximum absolute atomic E-state index is 13.1. The number of nitrogens with zero attached hydrogens (tertiary/aromatic N) is 3. The lowest BCUT2D eigenvalue weighted by molar-refractivity contribution is 0.0545. The number of nitrogens with one attached hydrogen (secondary N) is 1. The fourth-order valence-corrected chi connectivity index (χ4v) is 3.70. The molecule has 4 rings (SSSR count). The lowest BCUT2D eigenvalue weighted by atomic mass is 9.97. The number of aromatic amines is 1. The number of aromatic nitrogens is 3. The summed E-state index contributed by atoms with van der Waals surface area (Å²) in [6.45, 7) is 7.90. The summed E-state index contributed by atoms with van der Waals surface area (Å²) >= 11 is 0. The second-order valence-corrected chi connectivity index (χ2v) is 6.92. The molecule has 24 heavy (non-hydrogen) atoms. The van der Waals surface area contributed by atoms with Crippen molar-refractivity contribution in [1.29, 1.82) is 0 Å². The van der Waals surface area contributed by atoms with Gasteiger partial charge in [-0.2, -0.15) is 0 Å². The Morgan fingerprint density at radius 3 is 2.92 bits per heavy atom. The van der Waals surface area contributed by atoms with E-state index in [1.165, 1.54) is 5.69 Å². The zero-order chi connectivity index (χ0) is 16.8. The van der Waals surface area contributed by atoms with E-state index in [-0.39, 0.29) is 11.9 Å². The van der Waals surface area contributed by atoms with Crippen LogP contribution in [0.4, 0.5) is 0 Å². The van der Waals surface area contributed by atoms with Crippen LogP contribution in [0.1, 0.15) is 41.8 Å². The van der Waals surface area contributed by atoms with Gasteiger partial charge in [0.1, 0.15) is 0 Å². The monoisotopic (exact) mass is 322 g/mol. The molecular formula is C19H22N4O. The number of carbonyl (C=O) groups excluding carboxylic acids is 1. The minimum atomic E-state index is -0.0185. The average Bonchev–Trinajstić information content (AvgIpc) is 3.18. The number of H-pyrrole nitrogens is 1. The summed E-state index contributed by atoms with van der Waals surface area (Å²) in [5.74, 6) is 0.755. The SMILES string of the molecule is Cc1ccc2nc(C(=O)N3CCn4cccc4[C@@H]3C(C)C)[nH]c2c1. The molecule has 3 aromatic rings. The molecule has 1 amide bonds. The van der Waals surface area contributed by atoms with E-state index in [9.17, 15) is 4.79 Å². The molecule has 1 atom stereocenters. The Balaban J connectivity index is 1.72. The highest BCUT2D eigenvalue weighted by atomic mass is 16.2. The molecule has 0 fully saturated rings. The zero-order valence-electron chi connectivity index (χ0n) is 14.3. The molecule has 5 nitrogen and oxygen atoms in total. The molecule has 1 aromatic carbocycles. The maximum Gasteiger partial charge on any atom is 0.290 e. The Kier molecular flexibility index (Phi) is 3.44. The van der Waals surface area contributed by atoms with Crippen LogP contribution < -0.4 is 0 Å². The molecule has 0 saturated carbocycles. The Morgan fingerprint density at radius 2 is 2.12 bits per heavy atom. The van der Waals surface area contributed by atoms with E-state index in [1.54, 1.807) is 0 Å². The van der Waals surface area contributed by atoms with Crippen LogP contribution in [0.15, 0.2) is 36.5 Å². The summed E-state index contributed by atoms with van der Waals surface area (Å²) in [5.41, 5.74) is 4.11. The first kappa shape index (κ1) is 15.0. The molecule has 3 heterocycles. The van der Waals surface area contributed by atoms with Gasteiger partial charge in [-0.3, -0.25) is 4.79 Å². The smallest absolute Gasteiger partial charge is 0.290 e. The molecule has 5 heteroatoms. The van der Waals surface area contributed by atoms with Gasteiger partial charge in [0, 0.05) is 25.0 Å². The van der Waals surface area contributed by atoms with Gasteiger partial charge in [0.05, 0.1) is 17.1 Å². The predicted molar refractivity (Wildman–Crippen MR) is 93.9 cm³/mol. The van der Waals surface area contributed by atoms with Crippen LogP contribution in [0.5, 0.6) is 0 Å². The van der Waals surface area contributed by atoms with Crippen LogP contribution in [0, 0.1) is 12.8 Å². The van der Waals surface area contributed by atoms with Crippen LogP contribution in [-0.2, 0) is 6.54 Å². The zero-order valence-corrected chi connectivity index (χ0v) is 14.3. The van der Waals surface area contributed by atoms with Gasteiger partial charge in [-0.25, -0.2) is 4.98 Å². The van der Waals surface area contributed by atoms with Crippen molar-refractivity contribution < 1.29 is 4.79 Å². The molecule has 0 bridgehead atoms. The normalized spacial score (nSPS) is 17.5. The van der Waals surface area contributed by atoms with Crippen molar-refractivity contribution in [2.75, 3.05) is 6.54 Å². The third kappa shape index (κ3) is 2.31. The maximum atomic E-state index is 13.1. The van der Waals surface area contributed by atoms with Crippen LogP contribution in [0.2, 0.25) is 0 Å². The Labute approximate surface area is 141 Å². The molecule has 0 aliphatic carbocycles. The van der Waals surface area contributed by atoms with Gasteiger partial charge in [0.2, 0.25) is 0 Å². The molecular weight excluding hydrogens is 300 g/mol. The highest BCUT2D eigenvalue weighted by Gasteiger charge is 2.34. The van der Waals surface area contributed by atoms with Crippen LogP contribution >= 0.6 is 0 Å². The second kappa shape index (κ2) is 5.51. The van der Waals surface area contributed by atoms with Gasteiger partial charge in [0.15, 0.2) is 5.82 Å². The lowest BCUT2D eigenvalue weighted by Gasteiger charge is -2.38. The van der Waals surface area contributed by atoms with Gasteiger partial charge in [-0.1, -0.05) is 19.9 Å². The minimum Gasteiger partial charge on any atom is -0.348 e. The van der Waals surface area contributed by atoms with Crippen LogP contribution in [0.3, 0.4) is 0 Å². The number of hydrogen-bond acceptors (Lipinski definition) is 2. The number of carbonyl (C=O) groups is 1. The van der Waals surface area contributed by atoms with E-state index in [2.05, 4.69) is 46.7 Å². The van der Waals surface area contributed by atoms with E-state index in [0.29, 0.717) is 18.3 Å². The van der Waals surface area contributed by atoms with E-state index in [4.69, 9.17) is 0 Å². The van der Waals surface area contributed by atoms with Crippen molar-refractivity contribution in [3.63, 3.8) is 0 Å². The number of benzene rings is 1. The summed E-state index contributed by atoms with van der Waals surface area (Å²) in [7, 11) is 0. The first-order valence-corrected chi connectivity index (χ1v) is 8.47. The average molecular weight is 322 g/mol. The van der Waals surface area contributed by atoms with Crippen molar-refractivity contribution in [2.24, 2.45) is 5.92 Å². The molecule has 0 unspecified atom stereocenters. The summed E-state index contributed by atoms with van der Waals surface area (Å²) < 4.78 is 2.25. The van der Waals surface area contributed by atoms with Gasteiger partial charge >= 0.3 is 0 Å². The first-order valence-electron chi connectivity index (χ1n) is 8.47. The van der Waals surface area contributed by atoms with Crippen molar-refractivity contribution in [3.8, 4) is 0 Å². The van der Waals surface area contributed by atoms with E-state index in [1.807, 2.05) is 30.0 Å². The fourth-order valence-electron chi connectivity index (χ4n) is 3.70. The Hall–Kier alpha value is -2.56. The number of rotatable bonds is 2. The summed E-state index contributed by atoms with van der Waals surface area (Å²) in [6.07, 6.45) is 2.09. The molecule has 0 radical (unpaired) electrons. The standard InChI is InChI=1S/C19H22N4O/c1-12(2)17-16-5-4-8-22(16)9-10-23(17)19(24)18-20-14-7-6-13(3)11-15(14)21-18/h4-8,11-12,17H,9-10H2,1-3H3,(H,20,21)/t17-/m0/s1. The van der Waals surface area contributed by atoms with Gasteiger partial charge < -0.3 is 14.5 Å². The van der Waals surface area contributed by atoms with E-state index >= 15 is 0 Å². The van der Waals surface area contributed by atoms with Gasteiger partial charge in [-0.15, -0.1) is 0 Å². The van der Waals surface area contributed by atoms with Crippen molar-refractivity contribution >= 4 is 16.9 Å². The number of hydrogen-bond donors (Lipinski definition) is 1. The molecule has 0 saturated heterocycles. The van der Waals surface area contributed by atoms with Crippen molar-refractivity contribution in [2.45, 2.75) is 33.4 Å².